The lowest BCUT2D eigenvalue weighted by atomic mass is 10.1. The molecule has 0 unspecified atom stereocenters. The Bertz CT molecular complexity index is 1100. The van der Waals surface area contributed by atoms with Crippen LogP contribution in [0.15, 0.2) is 57.8 Å². The van der Waals surface area contributed by atoms with Gasteiger partial charge in [-0.25, -0.2) is 0 Å². The molecule has 0 aliphatic heterocycles. The summed E-state index contributed by atoms with van der Waals surface area (Å²) >= 11 is 2.65. The number of benzene rings is 1. The number of ketones is 1. The van der Waals surface area contributed by atoms with Crippen LogP contribution < -0.4 is 5.56 Å². The Labute approximate surface area is 156 Å². The average Bonchev–Trinajstić information content (AvgIpc) is 3.31. The van der Waals surface area contributed by atoms with Gasteiger partial charge >= 0.3 is 0 Å². The third kappa shape index (κ3) is 3.44. The fraction of sp³-hybridized carbons (Fsp3) is 0.118. The van der Waals surface area contributed by atoms with Crippen LogP contribution in [-0.4, -0.2) is 36.3 Å². The molecule has 9 heteroatoms. The maximum atomic E-state index is 12.2. The van der Waals surface area contributed by atoms with Crippen LogP contribution in [0.1, 0.15) is 20.9 Å². The highest BCUT2D eigenvalue weighted by Crippen LogP contribution is 2.18. The minimum atomic E-state index is -0.292. The molecule has 0 aliphatic carbocycles. The normalized spacial score (nSPS) is 11.1. The van der Waals surface area contributed by atoms with Crippen molar-refractivity contribution < 1.29 is 4.79 Å². The number of nitrogens with zero attached hydrogens (tertiary/aromatic N) is 4. The first-order valence-corrected chi connectivity index (χ1v) is 9.65. The Balaban J connectivity index is 1.59. The van der Waals surface area contributed by atoms with Gasteiger partial charge in [0.2, 0.25) is 5.16 Å². The van der Waals surface area contributed by atoms with E-state index < -0.39 is 0 Å². The summed E-state index contributed by atoms with van der Waals surface area (Å²) in [4.78, 5) is 27.8. The number of rotatable bonds is 6. The Morgan fingerprint density at radius 2 is 2.00 bits per heavy atom. The number of H-pyrrole nitrogens is 1. The molecule has 7 nitrogen and oxygen atoms in total. The first-order valence-electron chi connectivity index (χ1n) is 7.79. The molecule has 0 spiro atoms. The van der Waals surface area contributed by atoms with E-state index in [2.05, 4.69) is 20.3 Å². The predicted molar refractivity (Wildman–Crippen MR) is 100 cm³/mol. The summed E-state index contributed by atoms with van der Waals surface area (Å²) in [7, 11) is 0. The molecule has 0 atom stereocenters. The van der Waals surface area contributed by atoms with Gasteiger partial charge in [-0.2, -0.15) is 9.61 Å². The average molecular weight is 383 g/mol. The number of thiophene rings is 1. The minimum absolute atomic E-state index is 0.0238. The lowest BCUT2D eigenvalue weighted by Gasteiger charge is -2.02. The second-order valence-electron chi connectivity index (χ2n) is 5.47. The largest absolute Gasteiger partial charge is 0.292 e. The Morgan fingerprint density at radius 1 is 1.15 bits per heavy atom. The molecule has 3 heterocycles. The van der Waals surface area contributed by atoms with Gasteiger partial charge in [-0.05, 0) is 17.0 Å². The number of aromatic amines is 1. The summed E-state index contributed by atoms with van der Waals surface area (Å²) in [5.74, 6) is 0.518. The second kappa shape index (κ2) is 7.22. The molecular formula is C17H13N5O2S2. The Hall–Kier alpha value is -2.78. The zero-order valence-corrected chi connectivity index (χ0v) is 15.1. The van der Waals surface area contributed by atoms with E-state index in [0.717, 1.165) is 5.56 Å². The highest BCUT2D eigenvalue weighted by atomic mass is 32.2. The van der Waals surface area contributed by atoms with Crippen molar-refractivity contribution in [1.82, 2.24) is 24.8 Å². The molecule has 1 aromatic carbocycles. The lowest BCUT2D eigenvalue weighted by Crippen LogP contribution is -2.19. The SMILES string of the molecule is O=C(CSc1nnc2[nH]c(=O)c(Cc3ccccc3)nn12)c1cccs1. The van der Waals surface area contributed by atoms with Crippen molar-refractivity contribution in [3.8, 4) is 0 Å². The van der Waals surface area contributed by atoms with Crippen LogP contribution in [0.3, 0.4) is 0 Å². The highest BCUT2D eigenvalue weighted by molar-refractivity contribution is 7.99. The van der Waals surface area contributed by atoms with Crippen LogP contribution in [0, 0.1) is 0 Å². The van der Waals surface area contributed by atoms with Crippen molar-refractivity contribution in [2.24, 2.45) is 0 Å². The summed E-state index contributed by atoms with van der Waals surface area (Å²) in [6.07, 6.45) is 0.405. The van der Waals surface area contributed by atoms with E-state index in [9.17, 15) is 9.59 Å². The van der Waals surface area contributed by atoms with Crippen LogP contribution in [0.25, 0.3) is 5.78 Å². The molecule has 130 valence electrons. The molecule has 0 saturated carbocycles. The summed E-state index contributed by atoms with van der Waals surface area (Å²) < 4.78 is 1.48. The van der Waals surface area contributed by atoms with E-state index in [1.54, 1.807) is 6.07 Å². The number of thioether (sulfide) groups is 1. The molecule has 0 saturated heterocycles. The number of carbonyl (C=O) groups is 1. The van der Waals surface area contributed by atoms with Gasteiger partial charge in [0.05, 0.1) is 10.6 Å². The summed E-state index contributed by atoms with van der Waals surface area (Å²) in [5.41, 5.74) is 1.06. The van der Waals surface area contributed by atoms with Gasteiger partial charge in [0.1, 0.15) is 5.69 Å². The number of carbonyl (C=O) groups excluding carboxylic acids is 1. The maximum Gasteiger partial charge on any atom is 0.274 e. The summed E-state index contributed by atoms with van der Waals surface area (Å²) in [6.45, 7) is 0. The van der Waals surface area contributed by atoms with E-state index in [1.807, 2.05) is 41.8 Å². The van der Waals surface area contributed by atoms with Gasteiger partial charge in [0, 0.05) is 6.42 Å². The van der Waals surface area contributed by atoms with Crippen LogP contribution in [0.4, 0.5) is 0 Å². The van der Waals surface area contributed by atoms with Crippen LogP contribution in [0.5, 0.6) is 0 Å². The van der Waals surface area contributed by atoms with E-state index >= 15 is 0 Å². The van der Waals surface area contributed by atoms with Gasteiger partial charge in [0.25, 0.3) is 11.3 Å². The lowest BCUT2D eigenvalue weighted by molar-refractivity contribution is 0.102. The van der Waals surface area contributed by atoms with Gasteiger partial charge in [0.15, 0.2) is 5.78 Å². The van der Waals surface area contributed by atoms with E-state index in [-0.39, 0.29) is 22.9 Å². The molecule has 0 aliphatic rings. The van der Waals surface area contributed by atoms with E-state index in [0.29, 0.717) is 22.1 Å². The number of aromatic nitrogens is 5. The third-order valence-corrected chi connectivity index (χ3v) is 5.49. The Kier molecular flexibility index (Phi) is 4.63. The van der Waals surface area contributed by atoms with Crippen LogP contribution >= 0.6 is 23.1 Å². The zero-order chi connectivity index (χ0) is 17.9. The van der Waals surface area contributed by atoms with Gasteiger partial charge in [-0.15, -0.1) is 21.5 Å². The summed E-state index contributed by atoms with van der Waals surface area (Å²) in [6, 6.07) is 13.3. The van der Waals surface area contributed by atoms with E-state index in [4.69, 9.17) is 0 Å². The van der Waals surface area contributed by atoms with Crippen molar-refractivity contribution in [2.75, 3.05) is 5.75 Å². The first-order chi connectivity index (χ1) is 12.7. The number of Topliss-reactive ketones (excluding diaryl/α,β-unsaturated/α-hetero) is 1. The molecular weight excluding hydrogens is 370 g/mol. The fourth-order valence-electron chi connectivity index (χ4n) is 2.41. The first kappa shape index (κ1) is 16.7. The standard InChI is InChI=1S/C17H13N5O2S2/c23-13(14-7-4-8-25-14)10-26-17-20-19-16-18-15(24)12(21-22(16)17)9-11-5-2-1-3-6-11/h1-8H,9-10H2,(H,18,19,24). The predicted octanol–water partition coefficient (Wildman–Crippen LogP) is 2.44. The highest BCUT2D eigenvalue weighted by Gasteiger charge is 2.15. The molecule has 3 aromatic heterocycles. The number of fused-ring (bicyclic) bond motifs is 1. The van der Waals surface area contributed by atoms with Gasteiger partial charge in [-0.3, -0.25) is 14.6 Å². The smallest absolute Gasteiger partial charge is 0.274 e. The molecule has 0 amide bonds. The van der Waals surface area contributed by atoms with Crippen molar-refractivity contribution in [3.63, 3.8) is 0 Å². The number of nitrogens with one attached hydrogen (secondary N) is 1. The topological polar surface area (TPSA) is 93.0 Å². The molecule has 4 aromatic rings. The molecule has 4 rings (SSSR count). The molecule has 0 bridgehead atoms. The van der Waals surface area contributed by atoms with Crippen molar-refractivity contribution in [2.45, 2.75) is 11.6 Å². The van der Waals surface area contributed by atoms with Gasteiger partial charge < -0.3 is 0 Å². The zero-order valence-electron chi connectivity index (χ0n) is 13.5. The van der Waals surface area contributed by atoms with Crippen LogP contribution in [0.2, 0.25) is 0 Å². The molecule has 0 fully saturated rings. The molecule has 1 N–H and O–H groups in total. The van der Waals surface area contributed by atoms with E-state index in [1.165, 1.54) is 27.6 Å². The maximum absolute atomic E-state index is 12.2. The number of hydrogen-bond donors (Lipinski definition) is 1. The van der Waals surface area contributed by atoms with Gasteiger partial charge in [-0.1, -0.05) is 48.2 Å². The van der Waals surface area contributed by atoms with Crippen molar-refractivity contribution >= 4 is 34.7 Å². The molecule has 26 heavy (non-hydrogen) atoms. The third-order valence-electron chi connectivity index (χ3n) is 3.66. The van der Waals surface area contributed by atoms with Crippen molar-refractivity contribution in [3.05, 3.63) is 74.3 Å². The monoisotopic (exact) mass is 383 g/mol. The molecule has 0 radical (unpaired) electrons. The second-order valence-corrected chi connectivity index (χ2v) is 7.36. The number of hydrogen-bond acceptors (Lipinski definition) is 7. The quantitative estimate of drug-likeness (QED) is 0.406. The van der Waals surface area contributed by atoms with Crippen molar-refractivity contribution in [1.29, 1.82) is 0 Å². The van der Waals surface area contributed by atoms with Crippen LogP contribution in [-0.2, 0) is 6.42 Å². The minimum Gasteiger partial charge on any atom is -0.292 e. The fourth-order valence-corrected chi connectivity index (χ4v) is 3.93. The Morgan fingerprint density at radius 3 is 2.77 bits per heavy atom. The summed E-state index contributed by atoms with van der Waals surface area (Å²) in [5, 5.41) is 14.7.